The van der Waals surface area contributed by atoms with Crippen molar-refractivity contribution in [1.82, 2.24) is 14.3 Å². The summed E-state index contributed by atoms with van der Waals surface area (Å²) in [6, 6.07) is 7.59. The van der Waals surface area contributed by atoms with E-state index in [1.54, 1.807) is 4.68 Å². The number of hydrogen-bond acceptors (Lipinski definition) is 2. The molecule has 3 nitrogen and oxygen atoms in total. The van der Waals surface area contributed by atoms with E-state index in [9.17, 15) is 0 Å². The highest BCUT2D eigenvalue weighted by molar-refractivity contribution is 7.71. The lowest BCUT2D eigenvalue weighted by Gasteiger charge is -2.01. The van der Waals surface area contributed by atoms with Crippen LogP contribution in [0.3, 0.4) is 0 Å². The van der Waals surface area contributed by atoms with Crippen molar-refractivity contribution in [3.63, 3.8) is 0 Å². The molecular weight excluding hydrogens is 230 g/mol. The van der Waals surface area contributed by atoms with Crippen LogP contribution in [0.5, 0.6) is 0 Å². The molecule has 0 saturated heterocycles. The van der Waals surface area contributed by atoms with Gasteiger partial charge in [0.15, 0.2) is 10.6 Å². The number of halogens is 1. The van der Waals surface area contributed by atoms with Gasteiger partial charge in [0, 0.05) is 19.7 Å². The Balaban J connectivity index is 2.70. The van der Waals surface area contributed by atoms with E-state index in [2.05, 4.69) is 5.10 Å². The second kappa shape index (κ2) is 3.79. The molecule has 0 unspecified atom stereocenters. The Morgan fingerprint density at radius 1 is 1.27 bits per heavy atom. The molecule has 5 heteroatoms. The van der Waals surface area contributed by atoms with Crippen LogP contribution < -0.4 is 0 Å². The van der Waals surface area contributed by atoms with E-state index in [0.717, 1.165) is 11.4 Å². The van der Waals surface area contributed by atoms with E-state index in [-0.39, 0.29) is 0 Å². The molecule has 0 aliphatic carbocycles. The fourth-order valence-corrected chi connectivity index (χ4v) is 1.78. The smallest absolute Gasteiger partial charge is 0.197 e. The lowest BCUT2D eigenvalue weighted by molar-refractivity contribution is 0.741. The summed E-state index contributed by atoms with van der Waals surface area (Å²) in [6.07, 6.45) is 0. The molecule has 15 heavy (non-hydrogen) atoms. The van der Waals surface area contributed by atoms with Gasteiger partial charge in [0.25, 0.3) is 0 Å². The van der Waals surface area contributed by atoms with Crippen LogP contribution in [-0.2, 0) is 14.1 Å². The molecule has 0 atom stereocenters. The second-order valence-electron chi connectivity index (χ2n) is 3.27. The van der Waals surface area contributed by atoms with E-state index < -0.39 is 0 Å². The molecule has 0 spiro atoms. The van der Waals surface area contributed by atoms with Crippen molar-refractivity contribution in [2.75, 3.05) is 0 Å². The molecule has 1 aromatic carbocycles. The number of rotatable bonds is 1. The second-order valence-corrected chi connectivity index (χ2v) is 4.04. The van der Waals surface area contributed by atoms with Crippen molar-refractivity contribution in [3.05, 3.63) is 34.1 Å². The number of aromatic nitrogens is 3. The highest BCUT2D eigenvalue weighted by Gasteiger charge is 2.10. The van der Waals surface area contributed by atoms with Gasteiger partial charge in [-0.2, -0.15) is 5.10 Å². The lowest BCUT2D eigenvalue weighted by atomic mass is 10.2. The summed E-state index contributed by atoms with van der Waals surface area (Å²) in [5.74, 6) is 0.785. The van der Waals surface area contributed by atoms with Crippen molar-refractivity contribution in [1.29, 1.82) is 0 Å². The first-order valence-electron chi connectivity index (χ1n) is 4.46. The van der Waals surface area contributed by atoms with Crippen molar-refractivity contribution >= 4 is 23.8 Å². The molecule has 0 aliphatic rings. The van der Waals surface area contributed by atoms with Gasteiger partial charge in [-0.3, -0.25) is 0 Å². The van der Waals surface area contributed by atoms with Crippen LogP contribution in [0.1, 0.15) is 0 Å². The first-order valence-corrected chi connectivity index (χ1v) is 5.25. The lowest BCUT2D eigenvalue weighted by Crippen LogP contribution is -1.93. The molecule has 78 valence electrons. The average molecular weight is 240 g/mol. The number of nitrogens with zero attached hydrogens (tertiary/aromatic N) is 3. The quantitative estimate of drug-likeness (QED) is 0.715. The molecule has 0 saturated carbocycles. The number of hydrogen-bond donors (Lipinski definition) is 0. The molecule has 0 N–H and O–H groups in total. The molecule has 0 aliphatic heterocycles. The largest absolute Gasteiger partial charge is 0.303 e. The Labute approximate surface area is 97.9 Å². The summed E-state index contributed by atoms with van der Waals surface area (Å²) in [6.45, 7) is 0. The van der Waals surface area contributed by atoms with E-state index >= 15 is 0 Å². The molecular formula is C10H10ClN3S. The van der Waals surface area contributed by atoms with Crippen LogP contribution in [0.25, 0.3) is 11.4 Å². The molecule has 0 radical (unpaired) electrons. The SMILES string of the molecule is Cn1nc(-c2ccccc2Cl)n(C)c1=S. The summed E-state index contributed by atoms with van der Waals surface area (Å²) in [4.78, 5) is 0. The van der Waals surface area contributed by atoms with Gasteiger partial charge in [0.05, 0.1) is 5.02 Å². The first kappa shape index (κ1) is 10.4. The average Bonchev–Trinajstić information content (AvgIpc) is 2.47. The van der Waals surface area contributed by atoms with Gasteiger partial charge >= 0.3 is 0 Å². The predicted molar refractivity (Wildman–Crippen MR) is 63.5 cm³/mol. The minimum Gasteiger partial charge on any atom is -0.303 e. The van der Waals surface area contributed by atoms with Gasteiger partial charge in [-0.15, -0.1) is 0 Å². The molecule has 0 bridgehead atoms. The van der Waals surface area contributed by atoms with Crippen LogP contribution in [0.4, 0.5) is 0 Å². The maximum absolute atomic E-state index is 6.10. The summed E-state index contributed by atoms with van der Waals surface area (Å²) < 4.78 is 4.18. The first-order chi connectivity index (χ1) is 7.11. The van der Waals surface area contributed by atoms with Crippen molar-refractivity contribution < 1.29 is 0 Å². The monoisotopic (exact) mass is 239 g/mol. The van der Waals surface area contributed by atoms with Gasteiger partial charge in [-0.25, -0.2) is 4.68 Å². The van der Waals surface area contributed by atoms with Crippen LogP contribution in [-0.4, -0.2) is 14.3 Å². The van der Waals surface area contributed by atoms with Crippen LogP contribution in [0, 0.1) is 4.77 Å². The third kappa shape index (κ3) is 1.70. The van der Waals surface area contributed by atoms with E-state index in [1.165, 1.54) is 0 Å². The Kier molecular flexibility index (Phi) is 2.63. The van der Waals surface area contributed by atoms with E-state index in [4.69, 9.17) is 23.8 Å². The van der Waals surface area contributed by atoms with Crippen LogP contribution >= 0.6 is 23.8 Å². The van der Waals surface area contributed by atoms with Crippen molar-refractivity contribution in [2.24, 2.45) is 14.1 Å². The summed E-state index contributed by atoms with van der Waals surface area (Å²) in [5.41, 5.74) is 0.897. The zero-order chi connectivity index (χ0) is 11.0. The van der Waals surface area contributed by atoms with Crippen LogP contribution in [0.2, 0.25) is 5.02 Å². The third-order valence-corrected chi connectivity index (χ3v) is 3.11. The highest BCUT2D eigenvalue weighted by Crippen LogP contribution is 2.25. The standard InChI is InChI=1S/C10H10ClN3S/c1-13-9(12-14(2)10(13)15)7-5-3-4-6-8(7)11/h3-6H,1-2H3. The Bertz CT molecular complexity index is 556. The fourth-order valence-electron chi connectivity index (χ4n) is 1.44. The molecule has 1 aromatic heterocycles. The summed E-state index contributed by atoms with van der Waals surface area (Å²) >= 11 is 11.3. The molecule has 2 rings (SSSR count). The van der Waals surface area contributed by atoms with Gasteiger partial charge in [-0.05, 0) is 24.4 Å². The predicted octanol–water partition coefficient (Wildman–Crippen LogP) is 2.81. The molecule has 0 fully saturated rings. The van der Waals surface area contributed by atoms with E-state index in [1.807, 2.05) is 42.9 Å². The van der Waals surface area contributed by atoms with Gasteiger partial charge in [0.2, 0.25) is 0 Å². The minimum atomic E-state index is 0.671. The Hall–Kier alpha value is -1.13. The topological polar surface area (TPSA) is 22.8 Å². The normalized spacial score (nSPS) is 10.6. The zero-order valence-electron chi connectivity index (χ0n) is 8.44. The molecule has 1 heterocycles. The molecule has 0 amide bonds. The van der Waals surface area contributed by atoms with Crippen molar-refractivity contribution in [3.8, 4) is 11.4 Å². The molecule has 2 aromatic rings. The highest BCUT2D eigenvalue weighted by atomic mass is 35.5. The fraction of sp³-hybridized carbons (Fsp3) is 0.200. The summed E-state index contributed by atoms with van der Waals surface area (Å²) in [5, 5.41) is 5.01. The van der Waals surface area contributed by atoms with E-state index in [0.29, 0.717) is 9.79 Å². The number of aryl methyl sites for hydroxylation is 1. The zero-order valence-corrected chi connectivity index (χ0v) is 10.0. The van der Waals surface area contributed by atoms with Gasteiger partial charge in [-0.1, -0.05) is 23.7 Å². The maximum atomic E-state index is 6.10. The van der Waals surface area contributed by atoms with Gasteiger partial charge < -0.3 is 4.57 Å². The summed E-state index contributed by atoms with van der Waals surface area (Å²) in [7, 11) is 3.71. The van der Waals surface area contributed by atoms with Crippen molar-refractivity contribution in [2.45, 2.75) is 0 Å². The van der Waals surface area contributed by atoms with Gasteiger partial charge in [0.1, 0.15) is 0 Å². The third-order valence-electron chi connectivity index (χ3n) is 2.24. The number of benzene rings is 1. The Morgan fingerprint density at radius 2 is 1.93 bits per heavy atom. The maximum Gasteiger partial charge on any atom is 0.197 e. The Morgan fingerprint density at radius 3 is 2.47 bits per heavy atom. The minimum absolute atomic E-state index is 0.671. The van der Waals surface area contributed by atoms with Crippen LogP contribution in [0.15, 0.2) is 24.3 Å².